The van der Waals surface area contributed by atoms with E-state index in [-0.39, 0.29) is 37.8 Å². The Bertz CT molecular complexity index is 1220. The van der Waals surface area contributed by atoms with Gasteiger partial charge in [-0.1, -0.05) is 24.3 Å². The fourth-order valence-corrected chi connectivity index (χ4v) is 6.05. The van der Waals surface area contributed by atoms with E-state index in [1.54, 1.807) is 32.0 Å². The fraction of sp³-hybridized carbons (Fsp3) is 0.581. The van der Waals surface area contributed by atoms with Crippen LogP contribution in [0.1, 0.15) is 56.2 Å². The van der Waals surface area contributed by atoms with Crippen LogP contribution in [-0.4, -0.2) is 66.7 Å². The van der Waals surface area contributed by atoms with Gasteiger partial charge in [-0.2, -0.15) is 13.2 Å². The Morgan fingerprint density at radius 2 is 1.76 bits per heavy atom. The van der Waals surface area contributed by atoms with Crippen molar-refractivity contribution < 1.29 is 41.3 Å². The van der Waals surface area contributed by atoms with Gasteiger partial charge in [0.25, 0.3) is 5.91 Å². The third-order valence-electron chi connectivity index (χ3n) is 8.12. The molecule has 1 amide bonds. The molecule has 0 aromatic heterocycles. The highest BCUT2D eigenvalue weighted by Gasteiger charge is 2.58. The molecule has 1 aliphatic carbocycles. The van der Waals surface area contributed by atoms with Crippen molar-refractivity contribution in [2.24, 2.45) is 0 Å². The monoisotopic (exact) mass is 594 g/mol. The van der Waals surface area contributed by atoms with E-state index >= 15 is 0 Å². The van der Waals surface area contributed by atoms with Crippen LogP contribution in [0.15, 0.2) is 48.5 Å². The van der Waals surface area contributed by atoms with Crippen LogP contribution in [0.25, 0.3) is 0 Å². The molecule has 0 spiro atoms. The molecule has 4 atom stereocenters. The molecule has 2 heterocycles. The second-order valence-electron chi connectivity index (χ2n) is 11.8. The molecule has 2 aromatic rings. The van der Waals surface area contributed by atoms with Gasteiger partial charge in [0, 0.05) is 25.9 Å². The number of nitrogens with zero attached hydrogens (tertiary/aromatic N) is 1. The second-order valence-corrected chi connectivity index (χ2v) is 11.8. The summed E-state index contributed by atoms with van der Waals surface area (Å²) in [4.78, 5) is 16.2. The molecule has 42 heavy (non-hydrogen) atoms. The lowest BCUT2D eigenvalue weighted by molar-refractivity contribution is -0.183. The molecule has 2 aromatic carbocycles. The summed E-state index contributed by atoms with van der Waals surface area (Å²) in [5, 5.41) is 3.01. The zero-order chi connectivity index (χ0) is 30.0. The molecule has 11 heteroatoms. The van der Waals surface area contributed by atoms with Gasteiger partial charge in [0.15, 0.2) is 11.4 Å². The predicted octanol–water partition coefficient (Wildman–Crippen LogP) is 5.21. The smallest absolute Gasteiger partial charge is 0.371 e. The minimum absolute atomic E-state index is 0.101. The number of benzene rings is 2. The molecule has 5 rings (SSSR count). The number of nitrogens with one attached hydrogen (secondary N) is 1. The van der Waals surface area contributed by atoms with E-state index in [1.165, 1.54) is 18.2 Å². The summed E-state index contributed by atoms with van der Waals surface area (Å²) in [7, 11) is 0. The van der Waals surface area contributed by atoms with Crippen LogP contribution < -0.4 is 5.32 Å². The molecule has 1 unspecified atom stereocenters. The lowest BCUT2D eigenvalue weighted by Gasteiger charge is -2.43. The number of hydrogen-bond acceptors (Lipinski definition) is 6. The maximum atomic E-state index is 13.9. The maximum absolute atomic E-state index is 13.9. The first kappa shape index (κ1) is 30.9. The average Bonchev–Trinajstić information content (AvgIpc) is 3.57. The van der Waals surface area contributed by atoms with E-state index in [0.29, 0.717) is 18.7 Å². The number of likely N-dealkylation sites (tertiary alicyclic amines) is 1. The Kier molecular flexibility index (Phi) is 9.24. The number of fused-ring (bicyclic) bond motifs is 1. The first-order valence-electron chi connectivity index (χ1n) is 14.4. The number of halogens is 4. The first-order valence-corrected chi connectivity index (χ1v) is 14.4. The summed E-state index contributed by atoms with van der Waals surface area (Å²) >= 11 is 0. The van der Waals surface area contributed by atoms with Crippen LogP contribution in [0, 0.1) is 5.82 Å². The molecule has 0 radical (unpaired) electrons. The Hall–Kier alpha value is -2.57. The molecule has 1 N–H and O–H groups in total. The summed E-state index contributed by atoms with van der Waals surface area (Å²) in [5.74, 6) is -1.66. The molecule has 1 saturated carbocycles. The van der Waals surface area contributed by atoms with Crippen LogP contribution in [0.2, 0.25) is 0 Å². The molecule has 0 bridgehead atoms. The maximum Gasteiger partial charge on any atom is 0.416 e. The number of rotatable bonds is 10. The summed E-state index contributed by atoms with van der Waals surface area (Å²) in [6.45, 7) is 6.55. The van der Waals surface area contributed by atoms with E-state index in [0.717, 1.165) is 43.6 Å². The van der Waals surface area contributed by atoms with Crippen LogP contribution in [0.4, 0.5) is 17.6 Å². The van der Waals surface area contributed by atoms with Gasteiger partial charge in [-0.15, -0.1) is 0 Å². The van der Waals surface area contributed by atoms with Crippen LogP contribution >= 0.6 is 0 Å². The summed E-state index contributed by atoms with van der Waals surface area (Å²) < 4.78 is 78.5. The zero-order valence-corrected chi connectivity index (χ0v) is 23.9. The van der Waals surface area contributed by atoms with Crippen molar-refractivity contribution in [2.75, 3.05) is 26.2 Å². The summed E-state index contributed by atoms with van der Waals surface area (Å²) in [6, 6.07) is 10.8. The first-order chi connectivity index (χ1) is 19.9. The Balaban J connectivity index is 1.38. The van der Waals surface area contributed by atoms with Gasteiger partial charge in [0.05, 0.1) is 31.0 Å². The van der Waals surface area contributed by atoms with Crippen molar-refractivity contribution in [3.05, 3.63) is 71.0 Å². The van der Waals surface area contributed by atoms with Gasteiger partial charge in [0.2, 0.25) is 0 Å². The zero-order valence-electron chi connectivity index (χ0n) is 23.9. The topological polar surface area (TPSA) is 69.3 Å². The number of carbonyl (C=O) groups excluding carboxylic acids is 1. The van der Waals surface area contributed by atoms with Crippen molar-refractivity contribution in [1.82, 2.24) is 10.2 Å². The standard InChI is InChI=1S/C31H38F4N2O5/c1-29(2)41-26-18-30(28(38)36-12-15-37-13-3-4-14-37,40-20-22-6-5-7-23(16-22)31(33,34)35)17-25(27(26)42-29)39-19-21-8-10-24(32)11-9-21/h5-11,16,25-27H,3-4,12-15,17-20H2,1-2H3,(H,36,38)/t25?,26-,27+,30-/m1/s1. The van der Waals surface area contributed by atoms with Gasteiger partial charge in [-0.25, -0.2) is 4.39 Å². The van der Waals surface area contributed by atoms with Crippen LogP contribution in [0.5, 0.6) is 0 Å². The number of amides is 1. The van der Waals surface area contributed by atoms with Crippen LogP contribution in [0.3, 0.4) is 0 Å². The second kappa shape index (κ2) is 12.6. The van der Waals surface area contributed by atoms with Gasteiger partial charge < -0.3 is 29.2 Å². The summed E-state index contributed by atoms with van der Waals surface area (Å²) in [5.41, 5.74) is -1.20. The molecule has 3 aliphatic rings. The minimum atomic E-state index is -4.50. The third-order valence-corrected chi connectivity index (χ3v) is 8.12. The number of carbonyl (C=O) groups is 1. The Morgan fingerprint density at radius 3 is 2.48 bits per heavy atom. The van der Waals surface area contributed by atoms with E-state index < -0.39 is 41.4 Å². The lowest BCUT2D eigenvalue weighted by Crippen LogP contribution is -2.60. The molecule has 2 aliphatic heterocycles. The average molecular weight is 595 g/mol. The quantitative estimate of drug-likeness (QED) is 0.381. The highest BCUT2D eigenvalue weighted by Crippen LogP contribution is 2.44. The predicted molar refractivity (Wildman–Crippen MR) is 146 cm³/mol. The molecule has 230 valence electrons. The Morgan fingerprint density at radius 1 is 1.02 bits per heavy atom. The van der Waals surface area contributed by atoms with Crippen molar-refractivity contribution in [1.29, 1.82) is 0 Å². The van der Waals surface area contributed by atoms with E-state index in [2.05, 4.69) is 10.2 Å². The highest BCUT2D eigenvalue weighted by molar-refractivity contribution is 5.85. The normalized spacial score (nSPS) is 27.6. The fourth-order valence-electron chi connectivity index (χ4n) is 6.05. The molecule has 7 nitrogen and oxygen atoms in total. The largest absolute Gasteiger partial charge is 0.416 e. The molecule has 2 saturated heterocycles. The minimum Gasteiger partial charge on any atom is -0.371 e. The SMILES string of the molecule is CC1(C)O[C@@H]2C[C@@](OCc3cccc(C(F)(F)F)c3)(C(=O)NCCN3CCCC3)CC(OCc3ccc(F)cc3)[C@@H]2O1. The molecular weight excluding hydrogens is 556 g/mol. The molecular formula is C31H38F4N2O5. The molecule has 3 fully saturated rings. The highest BCUT2D eigenvalue weighted by atomic mass is 19.4. The van der Waals surface area contributed by atoms with Gasteiger partial charge in [-0.05, 0) is 75.2 Å². The number of ether oxygens (including phenoxy) is 4. The third kappa shape index (κ3) is 7.49. The van der Waals surface area contributed by atoms with Gasteiger partial charge in [0.1, 0.15) is 11.9 Å². The van der Waals surface area contributed by atoms with Crippen molar-refractivity contribution in [3.63, 3.8) is 0 Å². The van der Waals surface area contributed by atoms with Crippen molar-refractivity contribution in [3.8, 4) is 0 Å². The van der Waals surface area contributed by atoms with E-state index in [4.69, 9.17) is 18.9 Å². The van der Waals surface area contributed by atoms with Crippen molar-refractivity contribution in [2.45, 2.75) is 88.6 Å². The van der Waals surface area contributed by atoms with Gasteiger partial charge in [-0.3, -0.25) is 4.79 Å². The number of hydrogen-bond donors (Lipinski definition) is 1. The number of alkyl halides is 3. The summed E-state index contributed by atoms with van der Waals surface area (Å²) in [6.07, 6.45) is -3.70. The lowest BCUT2D eigenvalue weighted by atomic mass is 9.78. The van der Waals surface area contributed by atoms with E-state index in [1.807, 2.05) is 0 Å². The Labute approximate surface area is 243 Å². The van der Waals surface area contributed by atoms with Crippen LogP contribution in [-0.2, 0) is 43.1 Å². The van der Waals surface area contributed by atoms with Gasteiger partial charge >= 0.3 is 6.18 Å². The van der Waals surface area contributed by atoms with E-state index in [9.17, 15) is 22.4 Å². The van der Waals surface area contributed by atoms with Crippen molar-refractivity contribution >= 4 is 5.91 Å².